The predicted octanol–water partition coefficient (Wildman–Crippen LogP) is 3.98. The normalized spacial score (nSPS) is 15.9. The van der Waals surface area contributed by atoms with Crippen molar-refractivity contribution < 1.29 is 9.21 Å². The number of furan rings is 1. The molecule has 1 amide bonds. The van der Waals surface area contributed by atoms with E-state index >= 15 is 0 Å². The molecule has 3 N–H and O–H groups in total. The van der Waals surface area contributed by atoms with Gasteiger partial charge in [-0.2, -0.15) is 0 Å². The second-order valence-electron chi connectivity index (χ2n) is 7.36. The van der Waals surface area contributed by atoms with E-state index in [1.54, 1.807) is 0 Å². The molecule has 27 heavy (non-hydrogen) atoms. The van der Waals surface area contributed by atoms with Gasteiger partial charge in [-0.3, -0.25) is 4.79 Å². The molecule has 0 spiro atoms. The SMILES string of the molecule is CN(C)Cc1c(C(=O)NC(CN)C2CCCCC2)oc2ccccc12.Cl.Cl. The van der Waals surface area contributed by atoms with Crippen LogP contribution in [0.4, 0.5) is 0 Å². The molecule has 1 aliphatic carbocycles. The predicted molar refractivity (Wildman–Crippen MR) is 115 cm³/mol. The van der Waals surface area contributed by atoms with Crippen molar-refractivity contribution in [3.8, 4) is 0 Å². The quantitative estimate of drug-likeness (QED) is 0.748. The number of halogens is 2. The first kappa shape index (κ1) is 23.8. The molecule has 1 aliphatic rings. The number of carbonyl (C=O) groups is 1. The fourth-order valence-corrected chi connectivity index (χ4v) is 3.90. The van der Waals surface area contributed by atoms with Gasteiger partial charge in [0.15, 0.2) is 5.76 Å². The Kier molecular flexibility index (Phi) is 9.60. The van der Waals surface area contributed by atoms with E-state index in [0.29, 0.717) is 24.8 Å². The average Bonchev–Trinajstić information content (AvgIpc) is 2.98. The molecule has 0 bridgehead atoms. The summed E-state index contributed by atoms with van der Waals surface area (Å²) in [6.45, 7) is 1.14. The zero-order valence-electron chi connectivity index (χ0n) is 16.1. The molecule has 2 aromatic rings. The van der Waals surface area contributed by atoms with Crippen molar-refractivity contribution in [1.29, 1.82) is 0 Å². The lowest BCUT2D eigenvalue weighted by Gasteiger charge is -2.29. The highest BCUT2D eigenvalue weighted by Crippen LogP contribution is 2.29. The first-order valence-electron chi connectivity index (χ1n) is 9.26. The lowest BCUT2D eigenvalue weighted by molar-refractivity contribution is 0.0887. The van der Waals surface area contributed by atoms with Gasteiger partial charge in [-0.1, -0.05) is 37.5 Å². The summed E-state index contributed by atoms with van der Waals surface area (Å²) in [5, 5.41) is 4.15. The largest absolute Gasteiger partial charge is 0.451 e. The highest BCUT2D eigenvalue weighted by molar-refractivity contribution is 5.99. The summed E-state index contributed by atoms with van der Waals surface area (Å²) in [5.74, 6) is 0.752. The van der Waals surface area contributed by atoms with Crippen molar-refractivity contribution in [1.82, 2.24) is 10.2 Å². The van der Waals surface area contributed by atoms with E-state index in [4.69, 9.17) is 10.2 Å². The number of rotatable bonds is 6. The van der Waals surface area contributed by atoms with Crippen LogP contribution in [0.25, 0.3) is 11.0 Å². The van der Waals surface area contributed by atoms with E-state index in [1.807, 2.05) is 38.4 Å². The van der Waals surface area contributed by atoms with Crippen LogP contribution in [0, 0.1) is 5.92 Å². The molecule has 3 rings (SSSR count). The lowest BCUT2D eigenvalue weighted by Crippen LogP contribution is -2.46. The molecule has 1 saturated carbocycles. The Morgan fingerprint density at radius 2 is 1.89 bits per heavy atom. The minimum atomic E-state index is -0.144. The maximum Gasteiger partial charge on any atom is 0.287 e. The van der Waals surface area contributed by atoms with Crippen LogP contribution in [0.5, 0.6) is 0 Å². The van der Waals surface area contributed by atoms with Gasteiger partial charge >= 0.3 is 0 Å². The van der Waals surface area contributed by atoms with Gasteiger partial charge < -0.3 is 20.4 Å². The fourth-order valence-electron chi connectivity index (χ4n) is 3.90. The van der Waals surface area contributed by atoms with Crippen LogP contribution in [-0.2, 0) is 6.54 Å². The topological polar surface area (TPSA) is 71.5 Å². The minimum Gasteiger partial charge on any atom is -0.451 e. The van der Waals surface area contributed by atoms with Crippen molar-refractivity contribution in [2.75, 3.05) is 20.6 Å². The number of carbonyl (C=O) groups excluding carboxylic acids is 1. The van der Waals surface area contributed by atoms with E-state index in [2.05, 4.69) is 10.2 Å². The zero-order valence-corrected chi connectivity index (χ0v) is 17.7. The maximum absolute atomic E-state index is 12.9. The molecule has 0 aliphatic heterocycles. The number of nitrogens with two attached hydrogens (primary N) is 1. The summed E-state index contributed by atoms with van der Waals surface area (Å²) in [6, 6.07) is 7.84. The Morgan fingerprint density at radius 3 is 2.52 bits per heavy atom. The van der Waals surface area contributed by atoms with Crippen molar-refractivity contribution in [3.63, 3.8) is 0 Å². The van der Waals surface area contributed by atoms with Crippen molar-refractivity contribution >= 4 is 41.7 Å². The Morgan fingerprint density at radius 1 is 1.22 bits per heavy atom. The molecular formula is C20H31Cl2N3O2. The number of amides is 1. The monoisotopic (exact) mass is 415 g/mol. The second-order valence-corrected chi connectivity index (χ2v) is 7.36. The van der Waals surface area contributed by atoms with Crippen molar-refractivity contribution in [2.24, 2.45) is 11.7 Å². The summed E-state index contributed by atoms with van der Waals surface area (Å²) in [7, 11) is 3.99. The Balaban J connectivity index is 0.00000182. The smallest absolute Gasteiger partial charge is 0.287 e. The molecule has 0 saturated heterocycles. The molecule has 7 heteroatoms. The van der Waals surface area contributed by atoms with E-state index in [9.17, 15) is 4.79 Å². The van der Waals surface area contributed by atoms with Crippen molar-refractivity contribution in [3.05, 3.63) is 35.6 Å². The number of hydrogen-bond donors (Lipinski definition) is 2. The van der Waals surface area contributed by atoms with Gasteiger partial charge in [0.05, 0.1) is 0 Å². The van der Waals surface area contributed by atoms with Crippen LogP contribution >= 0.6 is 24.8 Å². The molecule has 1 atom stereocenters. The molecule has 1 aromatic carbocycles. The number of fused-ring (bicyclic) bond motifs is 1. The van der Waals surface area contributed by atoms with Gasteiger partial charge in [0.25, 0.3) is 5.91 Å². The Hall–Kier alpha value is -1.27. The van der Waals surface area contributed by atoms with Crippen LogP contribution in [0.3, 0.4) is 0 Å². The molecule has 1 fully saturated rings. The number of nitrogens with zero attached hydrogens (tertiary/aromatic N) is 1. The third-order valence-electron chi connectivity index (χ3n) is 5.17. The van der Waals surface area contributed by atoms with Crippen LogP contribution < -0.4 is 11.1 Å². The molecule has 1 unspecified atom stereocenters. The number of nitrogens with one attached hydrogen (secondary N) is 1. The number of para-hydroxylation sites is 1. The number of hydrogen-bond acceptors (Lipinski definition) is 4. The van der Waals surface area contributed by atoms with Gasteiger partial charge in [0, 0.05) is 30.1 Å². The standard InChI is InChI=1S/C20H29N3O2.2ClH/c1-23(2)13-16-15-10-6-7-11-18(15)25-19(16)20(24)22-17(12-21)14-8-4-3-5-9-14;;/h6-7,10-11,14,17H,3-5,8-9,12-13,21H2,1-2H3,(H,22,24);2*1H. The molecule has 1 aromatic heterocycles. The summed E-state index contributed by atoms with van der Waals surface area (Å²) >= 11 is 0. The Labute approximate surface area is 173 Å². The molecular weight excluding hydrogens is 385 g/mol. The summed E-state index contributed by atoms with van der Waals surface area (Å²) in [6.07, 6.45) is 6.04. The average molecular weight is 416 g/mol. The van der Waals surface area contributed by atoms with Gasteiger partial charge in [-0.05, 0) is 38.9 Å². The third kappa shape index (κ3) is 5.61. The van der Waals surface area contributed by atoms with E-state index in [-0.39, 0.29) is 36.8 Å². The molecule has 5 nitrogen and oxygen atoms in total. The van der Waals surface area contributed by atoms with Crippen molar-refractivity contribution in [2.45, 2.75) is 44.7 Å². The van der Waals surface area contributed by atoms with Crippen LogP contribution in [-0.4, -0.2) is 37.5 Å². The Bertz CT molecular complexity index is 727. The summed E-state index contributed by atoms with van der Waals surface area (Å²) in [4.78, 5) is 15.0. The summed E-state index contributed by atoms with van der Waals surface area (Å²) < 4.78 is 5.92. The number of benzene rings is 1. The minimum absolute atomic E-state index is 0. The molecule has 0 radical (unpaired) electrons. The van der Waals surface area contributed by atoms with Gasteiger partial charge in [-0.15, -0.1) is 24.8 Å². The second kappa shape index (κ2) is 10.9. The maximum atomic E-state index is 12.9. The van der Waals surface area contributed by atoms with Crippen LogP contribution in [0.1, 0.15) is 48.2 Å². The van der Waals surface area contributed by atoms with Gasteiger partial charge in [0.1, 0.15) is 5.58 Å². The molecule has 152 valence electrons. The fraction of sp³-hybridized carbons (Fsp3) is 0.550. The first-order valence-corrected chi connectivity index (χ1v) is 9.26. The third-order valence-corrected chi connectivity index (χ3v) is 5.17. The van der Waals surface area contributed by atoms with E-state index in [0.717, 1.165) is 29.4 Å². The summed E-state index contributed by atoms with van der Waals surface area (Å²) in [5.41, 5.74) is 7.67. The lowest BCUT2D eigenvalue weighted by atomic mass is 9.84. The molecule has 1 heterocycles. The van der Waals surface area contributed by atoms with E-state index in [1.165, 1.54) is 19.3 Å². The van der Waals surface area contributed by atoms with Gasteiger partial charge in [0.2, 0.25) is 0 Å². The van der Waals surface area contributed by atoms with Gasteiger partial charge in [-0.25, -0.2) is 0 Å². The van der Waals surface area contributed by atoms with Crippen LogP contribution in [0.2, 0.25) is 0 Å². The highest BCUT2D eigenvalue weighted by Gasteiger charge is 2.27. The zero-order chi connectivity index (χ0) is 17.8. The highest BCUT2D eigenvalue weighted by atomic mass is 35.5. The van der Waals surface area contributed by atoms with Crippen LogP contribution in [0.15, 0.2) is 28.7 Å². The van der Waals surface area contributed by atoms with E-state index < -0.39 is 0 Å². The first-order chi connectivity index (χ1) is 12.1.